The van der Waals surface area contributed by atoms with Crippen LogP contribution in [0.5, 0.6) is 0 Å². The third kappa shape index (κ3) is 3.75. The number of hydrogen-bond acceptors (Lipinski definition) is 3. The second-order valence-corrected chi connectivity index (χ2v) is 7.56. The Kier molecular flexibility index (Phi) is 5.09. The molecular formula is C21H17BrFN3O2. The van der Waals surface area contributed by atoms with Gasteiger partial charge in [-0.15, -0.1) is 0 Å². The van der Waals surface area contributed by atoms with Gasteiger partial charge in [0.25, 0.3) is 11.5 Å². The quantitative estimate of drug-likeness (QED) is 0.676. The maximum Gasteiger partial charge on any atom is 0.256 e. The molecule has 1 amide bonds. The molecule has 0 saturated heterocycles. The number of benzene rings is 2. The summed E-state index contributed by atoms with van der Waals surface area (Å²) in [5, 5.41) is 0. The summed E-state index contributed by atoms with van der Waals surface area (Å²) in [6.45, 7) is 0.709. The molecular weight excluding hydrogens is 425 g/mol. The van der Waals surface area contributed by atoms with Crippen LogP contribution < -0.4 is 5.56 Å². The van der Waals surface area contributed by atoms with Crippen molar-refractivity contribution in [2.24, 2.45) is 0 Å². The minimum atomic E-state index is -0.320. The average molecular weight is 442 g/mol. The normalized spacial score (nSPS) is 13.3. The number of hydrogen-bond donors (Lipinski definition) is 1. The molecule has 0 atom stereocenters. The fourth-order valence-electron chi connectivity index (χ4n) is 3.38. The van der Waals surface area contributed by atoms with Crippen LogP contribution in [0.2, 0.25) is 0 Å². The average Bonchev–Trinajstić information content (AvgIpc) is 2.68. The van der Waals surface area contributed by atoms with E-state index in [0.717, 1.165) is 10.0 Å². The number of nitrogens with one attached hydrogen (secondary N) is 1. The van der Waals surface area contributed by atoms with E-state index in [1.807, 2.05) is 18.2 Å². The van der Waals surface area contributed by atoms with E-state index in [-0.39, 0.29) is 23.8 Å². The Morgan fingerprint density at radius 2 is 2.04 bits per heavy atom. The Labute approximate surface area is 169 Å². The number of halogens is 2. The van der Waals surface area contributed by atoms with E-state index in [1.54, 1.807) is 23.1 Å². The molecule has 0 radical (unpaired) electrons. The number of aromatic nitrogens is 2. The second-order valence-electron chi connectivity index (χ2n) is 6.70. The number of nitrogens with zero attached hydrogens (tertiary/aromatic N) is 2. The highest BCUT2D eigenvalue weighted by atomic mass is 79.9. The van der Waals surface area contributed by atoms with Gasteiger partial charge in [-0.1, -0.05) is 24.3 Å². The van der Waals surface area contributed by atoms with E-state index in [4.69, 9.17) is 0 Å². The summed E-state index contributed by atoms with van der Waals surface area (Å²) in [7, 11) is 0. The molecule has 0 saturated carbocycles. The fraction of sp³-hybridized carbons (Fsp3) is 0.190. The molecule has 28 heavy (non-hydrogen) atoms. The zero-order chi connectivity index (χ0) is 19.7. The van der Waals surface area contributed by atoms with Crippen LogP contribution in [0.3, 0.4) is 0 Å². The van der Waals surface area contributed by atoms with Gasteiger partial charge in [0, 0.05) is 23.9 Å². The molecule has 0 bridgehead atoms. The van der Waals surface area contributed by atoms with E-state index in [1.165, 1.54) is 12.1 Å². The van der Waals surface area contributed by atoms with Crippen molar-refractivity contribution in [3.05, 3.63) is 97.4 Å². The molecule has 1 aliphatic rings. The number of carbonyl (C=O) groups is 1. The second kappa shape index (κ2) is 7.67. The summed E-state index contributed by atoms with van der Waals surface area (Å²) >= 11 is 3.40. The molecule has 1 aliphatic heterocycles. The highest BCUT2D eigenvalue weighted by Gasteiger charge is 2.26. The van der Waals surface area contributed by atoms with Gasteiger partial charge in [-0.25, -0.2) is 9.37 Å². The number of amides is 1. The van der Waals surface area contributed by atoms with Gasteiger partial charge in [-0.05, 0) is 45.8 Å². The molecule has 3 aromatic rings. The molecule has 2 heterocycles. The lowest BCUT2D eigenvalue weighted by Gasteiger charge is -2.28. The minimum absolute atomic E-state index is 0.124. The first-order valence-electron chi connectivity index (χ1n) is 8.90. The predicted molar refractivity (Wildman–Crippen MR) is 107 cm³/mol. The standard InChI is InChI=1S/C21H17BrFN3O2/c22-17-7-2-1-6-15(17)21(28)26-9-8-18-16(12-26)20(27)25-19(24-18)11-13-4-3-5-14(23)10-13/h1-7,10H,8-9,11-12H2,(H,24,25,27). The third-order valence-electron chi connectivity index (χ3n) is 4.77. The smallest absolute Gasteiger partial charge is 0.256 e. The summed E-state index contributed by atoms with van der Waals surface area (Å²) in [6.07, 6.45) is 0.853. The van der Waals surface area contributed by atoms with Crippen molar-refractivity contribution in [2.45, 2.75) is 19.4 Å². The topological polar surface area (TPSA) is 66.1 Å². The zero-order valence-corrected chi connectivity index (χ0v) is 16.5. The van der Waals surface area contributed by atoms with Gasteiger partial charge in [-0.2, -0.15) is 0 Å². The Balaban J connectivity index is 1.57. The lowest BCUT2D eigenvalue weighted by Crippen LogP contribution is -2.40. The first kappa shape index (κ1) is 18.6. The van der Waals surface area contributed by atoms with Crippen LogP contribution in [0.15, 0.2) is 57.8 Å². The van der Waals surface area contributed by atoms with E-state index in [0.29, 0.717) is 42.0 Å². The van der Waals surface area contributed by atoms with Gasteiger partial charge in [0.2, 0.25) is 0 Å². The molecule has 142 valence electrons. The van der Waals surface area contributed by atoms with Crippen molar-refractivity contribution >= 4 is 21.8 Å². The number of fused-ring (bicyclic) bond motifs is 1. The summed E-state index contributed by atoms with van der Waals surface area (Å²) < 4.78 is 14.1. The summed E-state index contributed by atoms with van der Waals surface area (Å²) in [5.41, 5.74) is 2.27. The third-order valence-corrected chi connectivity index (χ3v) is 5.46. The van der Waals surface area contributed by atoms with Crippen LogP contribution in [0.4, 0.5) is 4.39 Å². The van der Waals surface area contributed by atoms with E-state index in [9.17, 15) is 14.0 Å². The first-order chi connectivity index (χ1) is 13.5. The maximum absolute atomic E-state index is 13.4. The zero-order valence-electron chi connectivity index (χ0n) is 14.9. The SMILES string of the molecule is O=C(c1ccccc1Br)N1CCc2nc(Cc3cccc(F)c3)[nH]c(=O)c2C1. The molecule has 0 aliphatic carbocycles. The van der Waals surface area contributed by atoms with Crippen LogP contribution in [-0.4, -0.2) is 27.3 Å². The van der Waals surface area contributed by atoms with Crippen molar-refractivity contribution in [1.82, 2.24) is 14.9 Å². The Bertz CT molecular complexity index is 1110. The molecule has 7 heteroatoms. The van der Waals surface area contributed by atoms with Gasteiger partial charge in [0.15, 0.2) is 0 Å². The predicted octanol–water partition coefficient (Wildman–Crippen LogP) is 3.46. The molecule has 1 N–H and O–H groups in total. The number of rotatable bonds is 3. The molecule has 0 unspecified atom stereocenters. The van der Waals surface area contributed by atoms with E-state index < -0.39 is 0 Å². The van der Waals surface area contributed by atoms with Crippen molar-refractivity contribution in [2.75, 3.05) is 6.54 Å². The molecule has 2 aromatic carbocycles. The Morgan fingerprint density at radius 3 is 2.82 bits per heavy atom. The van der Waals surface area contributed by atoms with Gasteiger partial charge in [-0.3, -0.25) is 9.59 Å². The summed E-state index contributed by atoms with van der Waals surface area (Å²) in [5.74, 6) is 0.0559. The number of H-pyrrole nitrogens is 1. The van der Waals surface area contributed by atoms with Crippen molar-refractivity contribution < 1.29 is 9.18 Å². The fourth-order valence-corrected chi connectivity index (χ4v) is 3.83. The van der Waals surface area contributed by atoms with Crippen LogP contribution in [-0.2, 0) is 19.4 Å². The van der Waals surface area contributed by atoms with Crippen molar-refractivity contribution in [3.63, 3.8) is 0 Å². The van der Waals surface area contributed by atoms with Crippen LogP contribution in [0.25, 0.3) is 0 Å². The van der Waals surface area contributed by atoms with Gasteiger partial charge in [0.05, 0.1) is 23.4 Å². The van der Waals surface area contributed by atoms with Crippen molar-refractivity contribution in [1.29, 1.82) is 0 Å². The number of aromatic amines is 1. The summed E-state index contributed by atoms with van der Waals surface area (Å²) in [4.78, 5) is 34.4. The maximum atomic E-state index is 13.4. The molecule has 0 spiro atoms. The van der Waals surface area contributed by atoms with Gasteiger partial charge < -0.3 is 9.88 Å². The highest BCUT2D eigenvalue weighted by molar-refractivity contribution is 9.10. The highest BCUT2D eigenvalue weighted by Crippen LogP contribution is 2.22. The molecule has 5 nitrogen and oxygen atoms in total. The van der Waals surface area contributed by atoms with Crippen LogP contribution in [0.1, 0.15) is 33.0 Å². The van der Waals surface area contributed by atoms with Crippen molar-refractivity contribution in [3.8, 4) is 0 Å². The van der Waals surface area contributed by atoms with Crippen LogP contribution >= 0.6 is 15.9 Å². The van der Waals surface area contributed by atoms with Crippen LogP contribution in [0, 0.1) is 5.82 Å². The Hall–Kier alpha value is -2.80. The van der Waals surface area contributed by atoms with E-state index in [2.05, 4.69) is 25.9 Å². The molecule has 0 fully saturated rings. The largest absolute Gasteiger partial charge is 0.334 e. The number of carbonyl (C=O) groups excluding carboxylic acids is 1. The van der Waals surface area contributed by atoms with Gasteiger partial charge >= 0.3 is 0 Å². The lowest BCUT2D eigenvalue weighted by atomic mass is 10.0. The Morgan fingerprint density at radius 1 is 1.21 bits per heavy atom. The molecule has 4 rings (SSSR count). The first-order valence-corrected chi connectivity index (χ1v) is 9.70. The monoisotopic (exact) mass is 441 g/mol. The lowest BCUT2D eigenvalue weighted by molar-refractivity contribution is 0.0731. The van der Waals surface area contributed by atoms with E-state index >= 15 is 0 Å². The summed E-state index contributed by atoms with van der Waals surface area (Å²) in [6, 6.07) is 13.5. The minimum Gasteiger partial charge on any atom is -0.334 e. The van der Waals surface area contributed by atoms with Gasteiger partial charge in [0.1, 0.15) is 11.6 Å². The molecule has 1 aromatic heterocycles.